The fourth-order valence-electron chi connectivity index (χ4n) is 1.56. The molecule has 5 heteroatoms. The predicted octanol–water partition coefficient (Wildman–Crippen LogP) is 3.08. The van der Waals surface area contributed by atoms with Crippen LogP contribution in [-0.4, -0.2) is 14.8 Å². The molecular weight excluding hydrogens is 225 g/mol. The van der Waals surface area contributed by atoms with Crippen molar-refractivity contribution in [1.29, 1.82) is 0 Å². The summed E-state index contributed by atoms with van der Waals surface area (Å²) in [6.45, 7) is 4.41. The van der Waals surface area contributed by atoms with Gasteiger partial charge in [0.25, 0.3) is 0 Å². The zero-order valence-corrected chi connectivity index (χ0v) is 9.94. The summed E-state index contributed by atoms with van der Waals surface area (Å²) in [5.74, 6) is 0.445. The van der Waals surface area contributed by atoms with E-state index in [1.165, 1.54) is 6.07 Å². The van der Waals surface area contributed by atoms with Crippen LogP contribution in [0.1, 0.15) is 12.5 Å². The molecule has 16 heavy (non-hydrogen) atoms. The molecular formula is C11H12FN3S. The van der Waals surface area contributed by atoms with Crippen LogP contribution in [0.15, 0.2) is 18.2 Å². The van der Waals surface area contributed by atoms with Crippen LogP contribution in [0.5, 0.6) is 0 Å². The molecule has 0 spiro atoms. The number of benzene rings is 1. The molecule has 0 aliphatic rings. The number of aryl methyl sites for hydroxylation is 1. The van der Waals surface area contributed by atoms with Crippen LogP contribution in [0.3, 0.4) is 0 Å². The molecule has 1 aromatic carbocycles. The Morgan fingerprint density at radius 3 is 2.88 bits per heavy atom. The Hall–Kier alpha value is -1.49. The molecule has 0 fully saturated rings. The van der Waals surface area contributed by atoms with E-state index in [1.807, 2.05) is 17.6 Å². The first-order valence-electron chi connectivity index (χ1n) is 5.05. The molecule has 84 valence electrons. The molecule has 3 nitrogen and oxygen atoms in total. The molecule has 1 aromatic heterocycles. The topological polar surface area (TPSA) is 33.6 Å². The third-order valence-corrected chi connectivity index (χ3v) is 2.82. The summed E-state index contributed by atoms with van der Waals surface area (Å²) in [6.07, 6.45) is 0. The number of aromatic nitrogens is 3. The van der Waals surface area contributed by atoms with Gasteiger partial charge >= 0.3 is 0 Å². The molecule has 0 bridgehead atoms. The lowest BCUT2D eigenvalue weighted by molar-refractivity contribution is 0.618. The number of H-pyrrole nitrogens is 1. The summed E-state index contributed by atoms with van der Waals surface area (Å²) >= 11 is 5.08. The van der Waals surface area contributed by atoms with Crippen LogP contribution in [-0.2, 0) is 6.54 Å². The van der Waals surface area contributed by atoms with Crippen LogP contribution >= 0.6 is 12.2 Å². The third kappa shape index (κ3) is 1.78. The number of rotatable bonds is 2. The van der Waals surface area contributed by atoms with Crippen LogP contribution in [0.2, 0.25) is 0 Å². The van der Waals surface area contributed by atoms with Gasteiger partial charge in [-0.05, 0) is 37.7 Å². The first-order valence-corrected chi connectivity index (χ1v) is 5.46. The molecule has 0 saturated carbocycles. The quantitative estimate of drug-likeness (QED) is 0.814. The summed E-state index contributed by atoms with van der Waals surface area (Å²) in [4.78, 5) is 0. The second-order valence-corrected chi connectivity index (χ2v) is 3.95. The van der Waals surface area contributed by atoms with Crippen LogP contribution < -0.4 is 0 Å². The molecule has 0 atom stereocenters. The molecule has 0 aliphatic heterocycles. The van der Waals surface area contributed by atoms with Crippen molar-refractivity contribution < 1.29 is 4.39 Å². The number of aromatic amines is 1. The summed E-state index contributed by atoms with van der Waals surface area (Å²) in [6, 6.07) is 5.06. The van der Waals surface area contributed by atoms with Crippen molar-refractivity contribution in [2.45, 2.75) is 20.4 Å². The number of nitrogens with one attached hydrogen (secondary N) is 1. The average molecular weight is 237 g/mol. The molecule has 0 amide bonds. The van der Waals surface area contributed by atoms with Crippen molar-refractivity contribution in [1.82, 2.24) is 14.8 Å². The fraction of sp³-hybridized carbons (Fsp3) is 0.273. The summed E-state index contributed by atoms with van der Waals surface area (Å²) in [5, 5.41) is 6.82. The van der Waals surface area contributed by atoms with E-state index >= 15 is 0 Å². The Kier molecular flexibility index (Phi) is 2.87. The van der Waals surface area contributed by atoms with Crippen molar-refractivity contribution in [3.8, 4) is 11.4 Å². The second-order valence-electron chi connectivity index (χ2n) is 3.56. The standard InChI is InChI=1S/C11H12FN3S/c1-3-15-10(13-14-11(15)16)8-5-4-7(2)9(12)6-8/h4-6H,3H2,1-2H3,(H,14,16). The highest BCUT2D eigenvalue weighted by molar-refractivity contribution is 7.71. The Morgan fingerprint density at radius 1 is 1.50 bits per heavy atom. The zero-order valence-electron chi connectivity index (χ0n) is 9.12. The number of hydrogen-bond donors (Lipinski definition) is 1. The average Bonchev–Trinajstić information content (AvgIpc) is 2.63. The van der Waals surface area contributed by atoms with Crippen molar-refractivity contribution in [3.05, 3.63) is 34.4 Å². The minimum atomic E-state index is -0.228. The minimum Gasteiger partial charge on any atom is -0.300 e. The molecule has 0 radical (unpaired) electrons. The Balaban J connectivity index is 2.58. The molecule has 0 aliphatic carbocycles. The van der Waals surface area contributed by atoms with Crippen molar-refractivity contribution in [2.75, 3.05) is 0 Å². The van der Waals surface area contributed by atoms with Gasteiger partial charge in [-0.3, -0.25) is 5.10 Å². The number of hydrogen-bond acceptors (Lipinski definition) is 2. The molecule has 0 unspecified atom stereocenters. The van der Waals surface area contributed by atoms with E-state index in [4.69, 9.17) is 12.2 Å². The number of halogens is 1. The van der Waals surface area contributed by atoms with Crippen molar-refractivity contribution in [3.63, 3.8) is 0 Å². The molecule has 1 N–H and O–H groups in total. The summed E-state index contributed by atoms with van der Waals surface area (Å²) in [7, 11) is 0. The Morgan fingerprint density at radius 2 is 2.25 bits per heavy atom. The maximum atomic E-state index is 13.4. The molecule has 0 saturated heterocycles. The van der Waals surface area contributed by atoms with Gasteiger partial charge in [-0.25, -0.2) is 4.39 Å². The Bertz CT molecular complexity index is 571. The van der Waals surface area contributed by atoms with Crippen molar-refractivity contribution >= 4 is 12.2 Å². The monoisotopic (exact) mass is 237 g/mol. The largest absolute Gasteiger partial charge is 0.300 e. The minimum absolute atomic E-state index is 0.228. The zero-order chi connectivity index (χ0) is 11.7. The van der Waals surface area contributed by atoms with Gasteiger partial charge in [0, 0.05) is 12.1 Å². The van der Waals surface area contributed by atoms with E-state index in [0.717, 1.165) is 5.56 Å². The second kappa shape index (κ2) is 4.17. The highest BCUT2D eigenvalue weighted by Gasteiger charge is 2.08. The first kappa shape index (κ1) is 11.0. The molecule has 1 heterocycles. The smallest absolute Gasteiger partial charge is 0.195 e. The normalized spacial score (nSPS) is 10.7. The van der Waals surface area contributed by atoms with E-state index in [-0.39, 0.29) is 5.82 Å². The highest BCUT2D eigenvalue weighted by Crippen LogP contribution is 2.19. The van der Waals surface area contributed by atoms with Crippen LogP contribution in [0.4, 0.5) is 4.39 Å². The van der Waals surface area contributed by atoms with E-state index in [1.54, 1.807) is 13.0 Å². The van der Waals surface area contributed by atoms with Gasteiger partial charge in [-0.2, -0.15) is 5.10 Å². The Labute approximate surface area is 97.9 Å². The summed E-state index contributed by atoms with van der Waals surface area (Å²) in [5.41, 5.74) is 1.36. The SMILES string of the molecule is CCn1c(-c2ccc(C)c(F)c2)n[nH]c1=S. The fourth-order valence-corrected chi connectivity index (χ4v) is 1.82. The van der Waals surface area contributed by atoms with E-state index in [9.17, 15) is 4.39 Å². The van der Waals surface area contributed by atoms with Gasteiger partial charge in [-0.15, -0.1) is 0 Å². The highest BCUT2D eigenvalue weighted by atomic mass is 32.1. The van der Waals surface area contributed by atoms with E-state index < -0.39 is 0 Å². The van der Waals surface area contributed by atoms with Crippen LogP contribution in [0, 0.1) is 17.5 Å². The molecule has 2 aromatic rings. The number of nitrogens with zero attached hydrogens (tertiary/aromatic N) is 2. The van der Waals surface area contributed by atoms with Gasteiger partial charge in [0.1, 0.15) is 5.82 Å². The van der Waals surface area contributed by atoms with Gasteiger partial charge < -0.3 is 4.57 Å². The first-order chi connectivity index (χ1) is 7.63. The lowest BCUT2D eigenvalue weighted by atomic mass is 10.1. The van der Waals surface area contributed by atoms with Gasteiger partial charge in [-0.1, -0.05) is 12.1 Å². The van der Waals surface area contributed by atoms with Crippen LogP contribution in [0.25, 0.3) is 11.4 Å². The van der Waals surface area contributed by atoms with E-state index in [2.05, 4.69) is 10.2 Å². The lowest BCUT2D eigenvalue weighted by Crippen LogP contribution is -1.98. The lowest BCUT2D eigenvalue weighted by Gasteiger charge is -2.04. The predicted molar refractivity (Wildman–Crippen MR) is 63.2 cm³/mol. The van der Waals surface area contributed by atoms with E-state index in [0.29, 0.717) is 22.7 Å². The van der Waals surface area contributed by atoms with Crippen molar-refractivity contribution in [2.24, 2.45) is 0 Å². The van der Waals surface area contributed by atoms with Gasteiger partial charge in [0.2, 0.25) is 0 Å². The van der Waals surface area contributed by atoms with Gasteiger partial charge in [0.15, 0.2) is 10.6 Å². The molecule has 2 rings (SSSR count). The van der Waals surface area contributed by atoms with Gasteiger partial charge in [0.05, 0.1) is 0 Å². The summed E-state index contributed by atoms with van der Waals surface area (Å²) < 4.78 is 15.8. The maximum Gasteiger partial charge on any atom is 0.195 e. The third-order valence-electron chi connectivity index (χ3n) is 2.50. The maximum absolute atomic E-state index is 13.4.